The van der Waals surface area contributed by atoms with Crippen molar-refractivity contribution >= 4 is 82.7 Å². The van der Waals surface area contributed by atoms with Gasteiger partial charge < -0.3 is 18.3 Å². The van der Waals surface area contributed by atoms with E-state index in [1.165, 1.54) is 21.8 Å². The van der Waals surface area contributed by atoms with Gasteiger partial charge in [-0.3, -0.25) is 0 Å². The van der Waals surface area contributed by atoms with E-state index in [4.69, 9.17) is 8.83 Å². The van der Waals surface area contributed by atoms with Crippen LogP contribution in [-0.2, 0) is 0 Å². The molecule has 4 nitrogen and oxygen atoms in total. The Morgan fingerprint density at radius 1 is 0.327 bits per heavy atom. The second-order valence-electron chi connectivity index (χ2n) is 13.4. The van der Waals surface area contributed by atoms with E-state index in [-0.39, 0.29) is 0 Å². The maximum atomic E-state index is 6.38. The summed E-state index contributed by atoms with van der Waals surface area (Å²) >= 11 is 0. The van der Waals surface area contributed by atoms with E-state index in [9.17, 15) is 0 Å². The number of rotatable bonds is 5. The van der Waals surface area contributed by atoms with Gasteiger partial charge in [-0.15, -0.1) is 0 Å². The zero-order chi connectivity index (χ0) is 34.2. The lowest BCUT2D eigenvalue weighted by Crippen LogP contribution is -2.09. The van der Waals surface area contributed by atoms with Crippen molar-refractivity contribution < 1.29 is 8.83 Å². The fourth-order valence-electron chi connectivity index (χ4n) is 7.98. The molecule has 0 atom stereocenters. The van der Waals surface area contributed by atoms with Crippen LogP contribution in [0.3, 0.4) is 0 Å². The van der Waals surface area contributed by atoms with Crippen molar-refractivity contribution in [3.63, 3.8) is 0 Å². The summed E-state index contributed by atoms with van der Waals surface area (Å²) in [4.78, 5) is 2.29. The normalized spacial score (nSPS) is 11.8. The van der Waals surface area contributed by atoms with E-state index < -0.39 is 0 Å². The Balaban J connectivity index is 1.10. The maximum Gasteiger partial charge on any atom is 0.137 e. The third-order valence-electron chi connectivity index (χ3n) is 10.4. The molecular formula is C48H30N2O2. The molecule has 0 unspecified atom stereocenters. The van der Waals surface area contributed by atoms with E-state index in [2.05, 4.69) is 167 Å². The average molecular weight is 667 g/mol. The Hall–Kier alpha value is -7.04. The fourth-order valence-corrected chi connectivity index (χ4v) is 7.98. The first-order valence-corrected chi connectivity index (χ1v) is 17.6. The van der Waals surface area contributed by atoms with Gasteiger partial charge in [0.15, 0.2) is 0 Å². The van der Waals surface area contributed by atoms with Crippen molar-refractivity contribution in [1.82, 2.24) is 4.57 Å². The lowest BCUT2D eigenvalue weighted by molar-refractivity contribution is 0.669. The van der Waals surface area contributed by atoms with Gasteiger partial charge in [-0.1, -0.05) is 97.1 Å². The molecule has 0 radical (unpaired) electrons. The molecule has 0 saturated heterocycles. The minimum absolute atomic E-state index is 0.851. The van der Waals surface area contributed by atoms with E-state index in [1.807, 2.05) is 24.3 Å². The Kier molecular flexibility index (Phi) is 6.22. The number of hydrogen-bond donors (Lipinski definition) is 0. The summed E-state index contributed by atoms with van der Waals surface area (Å²) in [6.45, 7) is 0. The van der Waals surface area contributed by atoms with Crippen molar-refractivity contribution in [2.45, 2.75) is 0 Å². The predicted molar refractivity (Wildman–Crippen MR) is 215 cm³/mol. The van der Waals surface area contributed by atoms with Crippen LogP contribution in [0.4, 0.5) is 17.1 Å². The van der Waals surface area contributed by atoms with E-state index >= 15 is 0 Å². The molecule has 3 aromatic heterocycles. The number of benzene rings is 8. The van der Waals surface area contributed by atoms with Crippen LogP contribution in [0.5, 0.6) is 0 Å². The molecule has 0 bridgehead atoms. The molecule has 0 saturated carbocycles. The highest BCUT2D eigenvalue weighted by Crippen LogP contribution is 2.42. The second-order valence-corrected chi connectivity index (χ2v) is 13.4. The summed E-state index contributed by atoms with van der Waals surface area (Å²) in [6.07, 6.45) is 0. The summed E-state index contributed by atoms with van der Waals surface area (Å²) in [5, 5.41) is 6.91. The molecular weight excluding hydrogens is 637 g/mol. The van der Waals surface area contributed by atoms with Gasteiger partial charge in [0.25, 0.3) is 0 Å². The molecule has 11 rings (SSSR count). The number of furan rings is 2. The topological polar surface area (TPSA) is 34.5 Å². The van der Waals surface area contributed by atoms with Crippen molar-refractivity contribution in [1.29, 1.82) is 0 Å². The number of para-hydroxylation sites is 4. The fraction of sp³-hybridized carbons (Fsp3) is 0. The highest BCUT2D eigenvalue weighted by atomic mass is 16.3. The molecule has 0 spiro atoms. The van der Waals surface area contributed by atoms with Gasteiger partial charge in [-0.05, 0) is 83.9 Å². The molecule has 0 N–H and O–H groups in total. The summed E-state index contributed by atoms with van der Waals surface area (Å²) < 4.78 is 15.1. The first-order valence-electron chi connectivity index (χ1n) is 17.6. The average Bonchev–Trinajstić information content (AvgIpc) is 3.87. The molecule has 0 fully saturated rings. The number of fused-ring (bicyclic) bond motifs is 9. The van der Waals surface area contributed by atoms with Crippen LogP contribution < -0.4 is 4.90 Å². The van der Waals surface area contributed by atoms with Gasteiger partial charge in [0.2, 0.25) is 0 Å². The van der Waals surface area contributed by atoms with Crippen LogP contribution in [0.1, 0.15) is 0 Å². The zero-order valence-electron chi connectivity index (χ0n) is 28.0. The van der Waals surface area contributed by atoms with Crippen LogP contribution in [0.25, 0.3) is 82.5 Å². The molecule has 11 aromatic rings. The van der Waals surface area contributed by atoms with Crippen LogP contribution >= 0.6 is 0 Å². The van der Waals surface area contributed by atoms with Gasteiger partial charge in [-0.25, -0.2) is 0 Å². The molecule has 244 valence electrons. The maximum absolute atomic E-state index is 6.38. The monoisotopic (exact) mass is 666 g/mol. The standard InChI is InChI=1S/C48H30N2O2/c1-2-12-33(13-3-1)50-43-18-7-4-15-37(43)38-24-21-32(28-44(38)50)31-11-10-14-34(27-31)49(35-22-25-41-39-16-5-8-19-45(39)51-47(41)29-35)36-23-26-42-40-17-6-9-20-46(40)52-48(42)30-36/h1-30H. The molecule has 0 aliphatic heterocycles. The van der Waals surface area contributed by atoms with Crippen molar-refractivity contribution in [3.8, 4) is 16.8 Å². The first kappa shape index (κ1) is 28.8. The Labute approximate surface area is 299 Å². The Morgan fingerprint density at radius 2 is 0.846 bits per heavy atom. The van der Waals surface area contributed by atoms with E-state index in [0.717, 1.165) is 77.8 Å². The van der Waals surface area contributed by atoms with Crippen molar-refractivity contribution in [2.75, 3.05) is 4.90 Å². The van der Waals surface area contributed by atoms with Gasteiger partial charge >= 0.3 is 0 Å². The van der Waals surface area contributed by atoms with Crippen LogP contribution in [0.2, 0.25) is 0 Å². The predicted octanol–water partition coefficient (Wildman–Crippen LogP) is 13.7. The first-order chi connectivity index (χ1) is 25.8. The third-order valence-corrected chi connectivity index (χ3v) is 10.4. The summed E-state index contributed by atoms with van der Waals surface area (Å²) in [5.74, 6) is 0. The van der Waals surface area contributed by atoms with Crippen molar-refractivity contribution in [2.24, 2.45) is 0 Å². The minimum atomic E-state index is 0.851. The highest BCUT2D eigenvalue weighted by Gasteiger charge is 2.19. The molecule has 52 heavy (non-hydrogen) atoms. The lowest BCUT2D eigenvalue weighted by atomic mass is 10.0. The highest BCUT2D eigenvalue weighted by molar-refractivity contribution is 6.11. The number of nitrogens with zero attached hydrogens (tertiary/aromatic N) is 2. The number of hydrogen-bond acceptors (Lipinski definition) is 3. The molecule has 3 heterocycles. The van der Waals surface area contributed by atoms with Gasteiger partial charge in [0.1, 0.15) is 22.3 Å². The van der Waals surface area contributed by atoms with E-state index in [0.29, 0.717) is 0 Å². The van der Waals surface area contributed by atoms with Gasteiger partial charge in [0, 0.05) is 67.2 Å². The molecule has 8 aromatic carbocycles. The summed E-state index contributed by atoms with van der Waals surface area (Å²) in [5.41, 5.74) is 12.3. The largest absolute Gasteiger partial charge is 0.456 e. The van der Waals surface area contributed by atoms with Gasteiger partial charge in [-0.2, -0.15) is 0 Å². The zero-order valence-corrected chi connectivity index (χ0v) is 28.0. The molecule has 0 aliphatic rings. The van der Waals surface area contributed by atoms with Crippen molar-refractivity contribution in [3.05, 3.63) is 182 Å². The minimum Gasteiger partial charge on any atom is -0.456 e. The lowest BCUT2D eigenvalue weighted by Gasteiger charge is -2.26. The number of aromatic nitrogens is 1. The van der Waals surface area contributed by atoms with Crippen LogP contribution in [0, 0.1) is 0 Å². The second kappa shape index (κ2) is 11.2. The molecule has 4 heteroatoms. The van der Waals surface area contributed by atoms with Crippen LogP contribution in [-0.4, -0.2) is 4.57 Å². The third kappa shape index (κ3) is 4.41. The Bertz CT molecular complexity index is 3030. The quantitative estimate of drug-likeness (QED) is 0.183. The summed E-state index contributed by atoms with van der Waals surface area (Å²) in [7, 11) is 0. The van der Waals surface area contributed by atoms with Gasteiger partial charge in [0.05, 0.1) is 11.0 Å². The SMILES string of the molecule is c1ccc(-n2c3ccccc3c3ccc(-c4cccc(N(c5ccc6c(c5)oc5ccccc56)c5ccc6c(c5)oc5ccccc56)c4)cc32)cc1. The summed E-state index contributed by atoms with van der Waals surface area (Å²) in [6, 6.07) is 64.4. The molecule has 0 amide bonds. The molecule has 0 aliphatic carbocycles. The van der Waals surface area contributed by atoms with Crippen LogP contribution in [0.15, 0.2) is 191 Å². The Morgan fingerprint density at radius 3 is 1.54 bits per heavy atom. The number of anilines is 3. The smallest absolute Gasteiger partial charge is 0.137 e. The van der Waals surface area contributed by atoms with E-state index in [1.54, 1.807) is 0 Å².